The monoisotopic (exact) mass is 312 g/mol. The van der Waals surface area contributed by atoms with E-state index in [4.69, 9.17) is 4.84 Å². The predicted octanol–water partition coefficient (Wildman–Crippen LogP) is 1.26. The van der Waals surface area contributed by atoms with Crippen LogP contribution < -0.4 is 5.56 Å². The average Bonchev–Trinajstić information content (AvgIpc) is 2.87. The van der Waals surface area contributed by atoms with E-state index in [0.717, 1.165) is 0 Å². The molecule has 0 saturated carbocycles. The van der Waals surface area contributed by atoms with Gasteiger partial charge in [0.1, 0.15) is 0 Å². The van der Waals surface area contributed by atoms with Gasteiger partial charge in [0.15, 0.2) is 0 Å². The highest BCUT2D eigenvalue weighted by Crippen LogP contribution is 2.23. The van der Waals surface area contributed by atoms with E-state index in [1.54, 1.807) is 30.3 Å². The Morgan fingerprint density at radius 2 is 1.70 bits per heavy atom. The summed E-state index contributed by atoms with van der Waals surface area (Å²) in [6.07, 6.45) is 1.24. The number of pyridine rings is 1. The fourth-order valence-corrected chi connectivity index (χ4v) is 2.29. The lowest BCUT2D eigenvalue weighted by Gasteiger charge is -2.14. The number of amides is 2. The standard InChI is InChI=1S/C16H12N2O5/c19-13-8-11(10-4-2-1-3-5-10)12(9-17-13)16(22)23-18-14(20)6-7-15(18)21/h1-5,8-9H,6-7H2,(H,17,19). The molecule has 1 aromatic carbocycles. The van der Waals surface area contributed by atoms with E-state index in [9.17, 15) is 19.2 Å². The Morgan fingerprint density at radius 1 is 1.04 bits per heavy atom. The quantitative estimate of drug-likeness (QED) is 0.861. The number of rotatable bonds is 3. The van der Waals surface area contributed by atoms with Crippen LogP contribution in [0.1, 0.15) is 23.2 Å². The first-order valence-corrected chi connectivity index (χ1v) is 6.92. The molecule has 3 rings (SSSR count). The zero-order valence-corrected chi connectivity index (χ0v) is 11.9. The summed E-state index contributed by atoms with van der Waals surface area (Å²) >= 11 is 0. The first kappa shape index (κ1) is 14.7. The van der Waals surface area contributed by atoms with E-state index in [1.807, 2.05) is 0 Å². The summed E-state index contributed by atoms with van der Waals surface area (Å²) in [5.41, 5.74) is 0.681. The van der Waals surface area contributed by atoms with Crippen LogP contribution in [0.25, 0.3) is 11.1 Å². The molecule has 0 radical (unpaired) electrons. The van der Waals surface area contributed by atoms with Gasteiger partial charge in [-0.2, -0.15) is 0 Å². The van der Waals surface area contributed by atoms with E-state index in [-0.39, 0.29) is 24.0 Å². The van der Waals surface area contributed by atoms with E-state index in [0.29, 0.717) is 16.2 Å². The van der Waals surface area contributed by atoms with Crippen LogP contribution in [0, 0.1) is 0 Å². The molecule has 1 saturated heterocycles. The molecular weight excluding hydrogens is 300 g/mol. The van der Waals surface area contributed by atoms with Crippen molar-refractivity contribution in [3.8, 4) is 11.1 Å². The van der Waals surface area contributed by atoms with Gasteiger partial charge in [0.2, 0.25) is 5.56 Å². The molecule has 0 bridgehead atoms. The van der Waals surface area contributed by atoms with Crippen LogP contribution in [0.15, 0.2) is 47.4 Å². The van der Waals surface area contributed by atoms with Crippen LogP contribution >= 0.6 is 0 Å². The lowest BCUT2D eigenvalue weighted by molar-refractivity contribution is -0.172. The van der Waals surface area contributed by atoms with Gasteiger partial charge in [0.25, 0.3) is 11.8 Å². The van der Waals surface area contributed by atoms with E-state index in [1.165, 1.54) is 12.3 Å². The van der Waals surface area contributed by atoms with Crippen LogP contribution in [-0.4, -0.2) is 27.8 Å². The molecule has 7 nitrogen and oxygen atoms in total. The Labute approximate surface area is 130 Å². The van der Waals surface area contributed by atoms with Crippen molar-refractivity contribution < 1.29 is 19.2 Å². The third-order valence-corrected chi connectivity index (χ3v) is 3.41. The largest absolute Gasteiger partial charge is 0.366 e. The number of carbonyl (C=O) groups excluding carboxylic acids is 3. The zero-order chi connectivity index (χ0) is 16.4. The van der Waals surface area contributed by atoms with Gasteiger partial charge in [-0.25, -0.2) is 4.79 Å². The number of hydroxylamine groups is 2. The lowest BCUT2D eigenvalue weighted by Crippen LogP contribution is -2.32. The number of hydrogen-bond acceptors (Lipinski definition) is 5. The van der Waals surface area contributed by atoms with Crippen molar-refractivity contribution in [1.29, 1.82) is 0 Å². The van der Waals surface area contributed by atoms with Crippen molar-refractivity contribution in [2.24, 2.45) is 0 Å². The van der Waals surface area contributed by atoms with Crippen molar-refractivity contribution in [3.05, 3.63) is 58.5 Å². The summed E-state index contributed by atoms with van der Waals surface area (Å²) in [7, 11) is 0. The number of benzene rings is 1. The summed E-state index contributed by atoms with van der Waals surface area (Å²) < 4.78 is 0. The number of H-pyrrole nitrogens is 1. The number of nitrogens with zero attached hydrogens (tertiary/aromatic N) is 1. The Hall–Kier alpha value is -3.22. The summed E-state index contributed by atoms with van der Waals surface area (Å²) in [4.78, 5) is 54.2. The molecule has 1 N–H and O–H groups in total. The first-order chi connectivity index (χ1) is 11.1. The van der Waals surface area contributed by atoms with Gasteiger partial charge in [0.05, 0.1) is 5.56 Å². The van der Waals surface area contributed by atoms with E-state index < -0.39 is 17.8 Å². The Balaban J connectivity index is 1.96. The Bertz CT molecular complexity index is 825. The molecule has 1 aliphatic rings. The second-order valence-electron chi connectivity index (χ2n) is 4.95. The van der Waals surface area contributed by atoms with E-state index in [2.05, 4.69) is 4.98 Å². The number of aromatic amines is 1. The summed E-state index contributed by atoms with van der Waals surface area (Å²) in [5.74, 6) is -2.01. The predicted molar refractivity (Wildman–Crippen MR) is 79.0 cm³/mol. The summed E-state index contributed by atoms with van der Waals surface area (Å²) in [5, 5.41) is 0.474. The molecule has 0 aliphatic carbocycles. The maximum absolute atomic E-state index is 12.3. The number of imide groups is 1. The third-order valence-electron chi connectivity index (χ3n) is 3.41. The van der Waals surface area contributed by atoms with Crippen molar-refractivity contribution in [1.82, 2.24) is 10.0 Å². The van der Waals surface area contributed by atoms with Crippen LogP contribution in [0.2, 0.25) is 0 Å². The van der Waals surface area contributed by atoms with E-state index >= 15 is 0 Å². The maximum atomic E-state index is 12.3. The fourth-order valence-electron chi connectivity index (χ4n) is 2.29. The van der Waals surface area contributed by atoms with Crippen LogP contribution in [0.5, 0.6) is 0 Å². The molecule has 116 valence electrons. The average molecular weight is 312 g/mol. The highest BCUT2D eigenvalue weighted by Gasteiger charge is 2.33. The van der Waals surface area contributed by atoms with Gasteiger partial charge in [0, 0.05) is 30.7 Å². The van der Waals surface area contributed by atoms with Crippen LogP contribution in [0.3, 0.4) is 0 Å². The zero-order valence-electron chi connectivity index (χ0n) is 11.9. The summed E-state index contributed by atoms with van der Waals surface area (Å²) in [6.45, 7) is 0. The minimum Gasteiger partial charge on any atom is -0.328 e. The molecule has 1 aromatic heterocycles. The van der Waals surface area contributed by atoms with Gasteiger partial charge in [-0.15, -0.1) is 5.06 Å². The molecule has 2 aromatic rings. The highest BCUT2D eigenvalue weighted by atomic mass is 16.7. The lowest BCUT2D eigenvalue weighted by atomic mass is 10.0. The normalized spacial score (nSPS) is 14.2. The molecule has 2 heterocycles. The molecule has 23 heavy (non-hydrogen) atoms. The molecular formula is C16H12N2O5. The van der Waals surface area contributed by atoms with Crippen LogP contribution in [0.4, 0.5) is 0 Å². The molecule has 1 aliphatic heterocycles. The Morgan fingerprint density at radius 3 is 2.35 bits per heavy atom. The molecule has 0 spiro atoms. The van der Waals surface area contributed by atoms with Gasteiger partial charge < -0.3 is 9.82 Å². The van der Waals surface area contributed by atoms with Crippen molar-refractivity contribution in [2.45, 2.75) is 12.8 Å². The minimum atomic E-state index is -0.885. The smallest absolute Gasteiger partial charge is 0.328 e. The van der Waals surface area contributed by atoms with Crippen LogP contribution in [-0.2, 0) is 14.4 Å². The number of carbonyl (C=O) groups is 3. The SMILES string of the molecule is O=C(ON1C(=O)CCC1=O)c1c[nH]c(=O)cc1-c1ccccc1. The number of hydrogen-bond donors (Lipinski definition) is 1. The summed E-state index contributed by atoms with van der Waals surface area (Å²) in [6, 6.07) is 10.1. The second-order valence-corrected chi connectivity index (χ2v) is 4.95. The second kappa shape index (κ2) is 5.88. The van der Waals surface area contributed by atoms with Crippen molar-refractivity contribution in [2.75, 3.05) is 0 Å². The first-order valence-electron chi connectivity index (χ1n) is 6.92. The van der Waals surface area contributed by atoms with Crippen molar-refractivity contribution in [3.63, 3.8) is 0 Å². The molecule has 2 amide bonds. The topological polar surface area (TPSA) is 96.5 Å². The van der Waals surface area contributed by atoms with Gasteiger partial charge >= 0.3 is 5.97 Å². The van der Waals surface area contributed by atoms with Gasteiger partial charge in [-0.3, -0.25) is 14.4 Å². The molecule has 1 fully saturated rings. The molecule has 7 heteroatoms. The molecule has 0 atom stereocenters. The highest BCUT2D eigenvalue weighted by molar-refractivity contribution is 6.04. The minimum absolute atomic E-state index is 0.0171. The number of nitrogens with one attached hydrogen (secondary N) is 1. The molecule has 0 unspecified atom stereocenters. The van der Waals surface area contributed by atoms with Gasteiger partial charge in [-0.05, 0) is 5.56 Å². The maximum Gasteiger partial charge on any atom is 0.366 e. The Kier molecular flexibility index (Phi) is 3.76. The third kappa shape index (κ3) is 2.89. The fraction of sp³-hybridized carbons (Fsp3) is 0.125. The van der Waals surface area contributed by atoms with Crippen molar-refractivity contribution >= 4 is 17.8 Å². The van der Waals surface area contributed by atoms with Gasteiger partial charge in [-0.1, -0.05) is 30.3 Å². The number of aromatic nitrogens is 1.